The van der Waals surface area contributed by atoms with Gasteiger partial charge in [-0.3, -0.25) is 20.5 Å². The maximum atomic E-state index is 11.3. The fraction of sp³-hybridized carbons (Fsp3) is 0.500. The minimum Gasteiger partial charge on any atom is -0.614 e. The molecule has 0 fully saturated rings. The third kappa shape index (κ3) is 3.40. The second-order valence-corrected chi connectivity index (χ2v) is 4.28. The van der Waals surface area contributed by atoms with Gasteiger partial charge in [0.2, 0.25) is 0 Å². The molecule has 0 bridgehead atoms. The molecule has 1 heterocycles. The lowest BCUT2D eigenvalue weighted by atomic mass is 10.2. The highest BCUT2D eigenvalue weighted by molar-refractivity contribution is 5.35. The minimum atomic E-state index is -0.522. The number of hydrogen-bond acceptors (Lipinski definition) is 6. The molecule has 7 heteroatoms. The topological polar surface area (TPSA) is 90.7 Å². The summed E-state index contributed by atoms with van der Waals surface area (Å²) in [5, 5.41) is 24.0. The third-order valence-electron chi connectivity index (χ3n) is 2.51. The quantitative estimate of drug-likeness (QED) is 0.451. The SMILES string of the molecule is CCOC([O-])=CC=C1C([N+](=O)[O-])=C(C)NN1C(C)C. The van der Waals surface area contributed by atoms with Crippen molar-refractivity contribution in [1.82, 2.24) is 10.4 Å². The summed E-state index contributed by atoms with van der Waals surface area (Å²) in [6, 6.07) is 0.00856. The van der Waals surface area contributed by atoms with Gasteiger partial charge in [-0.2, -0.15) is 0 Å². The Morgan fingerprint density at radius 1 is 1.58 bits per heavy atom. The summed E-state index contributed by atoms with van der Waals surface area (Å²) in [6.45, 7) is 7.37. The van der Waals surface area contributed by atoms with Crippen LogP contribution in [0.15, 0.2) is 35.2 Å². The molecule has 0 saturated carbocycles. The molecule has 0 aliphatic carbocycles. The molecule has 19 heavy (non-hydrogen) atoms. The molecule has 0 aromatic rings. The summed E-state index contributed by atoms with van der Waals surface area (Å²) < 4.78 is 4.76. The summed E-state index contributed by atoms with van der Waals surface area (Å²) in [6.07, 6.45) is 2.59. The minimum absolute atomic E-state index is 0.00856. The van der Waals surface area contributed by atoms with Crippen LogP contribution in [-0.4, -0.2) is 22.6 Å². The molecule has 106 valence electrons. The zero-order valence-electron chi connectivity index (χ0n) is 11.5. The zero-order valence-corrected chi connectivity index (χ0v) is 11.5. The zero-order chi connectivity index (χ0) is 14.6. The highest BCUT2D eigenvalue weighted by Crippen LogP contribution is 2.26. The summed E-state index contributed by atoms with van der Waals surface area (Å²) >= 11 is 0. The van der Waals surface area contributed by atoms with E-state index in [1.165, 1.54) is 12.2 Å². The van der Waals surface area contributed by atoms with Gasteiger partial charge in [0.1, 0.15) is 11.4 Å². The van der Waals surface area contributed by atoms with Crippen LogP contribution in [0.4, 0.5) is 0 Å². The maximum Gasteiger partial charge on any atom is 0.314 e. The largest absolute Gasteiger partial charge is 0.614 e. The average molecular weight is 268 g/mol. The van der Waals surface area contributed by atoms with E-state index in [2.05, 4.69) is 5.43 Å². The van der Waals surface area contributed by atoms with Crippen LogP contribution in [0.3, 0.4) is 0 Å². The second-order valence-electron chi connectivity index (χ2n) is 4.28. The molecule has 0 atom stereocenters. The van der Waals surface area contributed by atoms with Crippen molar-refractivity contribution in [3.05, 3.63) is 45.3 Å². The Morgan fingerprint density at radius 2 is 2.21 bits per heavy atom. The smallest absolute Gasteiger partial charge is 0.314 e. The molecule has 0 saturated heterocycles. The number of hydrazine groups is 1. The normalized spacial score (nSPS) is 18.3. The van der Waals surface area contributed by atoms with Crippen LogP contribution >= 0.6 is 0 Å². The van der Waals surface area contributed by atoms with E-state index < -0.39 is 10.9 Å². The molecule has 1 rings (SSSR count). The van der Waals surface area contributed by atoms with Crippen LogP contribution in [-0.2, 0) is 4.74 Å². The van der Waals surface area contributed by atoms with Crippen molar-refractivity contribution in [2.24, 2.45) is 0 Å². The molecule has 0 radical (unpaired) electrons. The number of nitro groups is 1. The van der Waals surface area contributed by atoms with E-state index in [4.69, 9.17) is 4.74 Å². The molecule has 1 aliphatic heterocycles. The molecule has 0 amide bonds. The Balaban J connectivity index is 3.12. The first-order valence-corrected chi connectivity index (χ1v) is 6.01. The Bertz CT molecular complexity index is 452. The van der Waals surface area contributed by atoms with E-state index in [0.717, 1.165) is 0 Å². The summed E-state index contributed by atoms with van der Waals surface area (Å²) in [5.74, 6) is -0.522. The lowest BCUT2D eigenvalue weighted by molar-refractivity contribution is -0.422. The summed E-state index contributed by atoms with van der Waals surface area (Å²) in [7, 11) is 0. The van der Waals surface area contributed by atoms with Crippen LogP contribution in [0.5, 0.6) is 0 Å². The number of nitrogens with one attached hydrogen (secondary N) is 1. The van der Waals surface area contributed by atoms with Crippen LogP contribution in [0.25, 0.3) is 0 Å². The molecular formula is C12H18N3O4-. The molecule has 1 aliphatic rings. The summed E-state index contributed by atoms with van der Waals surface area (Å²) in [4.78, 5) is 10.6. The van der Waals surface area contributed by atoms with Crippen molar-refractivity contribution >= 4 is 0 Å². The first kappa shape index (κ1) is 14.9. The van der Waals surface area contributed by atoms with Crippen LogP contribution in [0.1, 0.15) is 27.7 Å². The van der Waals surface area contributed by atoms with Gasteiger partial charge in [-0.1, -0.05) is 6.92 Å². The first-order chi connectivity index (χ1) is 8.88. The Morgan fingerprint density at radius 3 is 2.68 bits per heavy atom. The third-order valence-corrected chi connectivity index (χ3v) is 2.51. The first-order valence-electron chi connectivity index (χ1n) is 6.01. The lowest BCUT2D eigenvalue weighted by Gasteiger charge is -2.24. The highest BCUT2D eigenvalue weighted by atomic mass is 16.6. The van der Waals surface area contributed by atoms with Crippen LogP contribution in [0, 0.1) is 10.1 Å². The number of allylic oxidation sites excluding steroid dienone is 3. The molecular weight excluding hydrogens is 250 g/mol. The molecule has 0 aromatic carbocycles. The molecule has 0 unspecified atom stereocenters. The number of hydrogen-bond donors (Lipinski definition) is 1. The Kier molecular flexibility index (Phi) is 4.80. The summed E-state index contributed by atoms with van der Waals surface area (Å²) in [5.41, 5.74) is 3.69. The monoisotopic (exact) mass is 268 g/mol. The van der Waals surface area contributed by atoms with Gasteiger partial charge in [0.15, 0.2) is 0 Å². The van der Waals surface area contributed by atoms with Crippen molar-refractivity contribution in [3.8, 4) is 0 Å². The van der Waals surface area contributed by atoms with E-state index in [1.54, 1.807) is 18.9 Å². The Hall–Kier alpha value is -2.18. The standard InChI is InChI=1S/C12H19N3O4/c1-5-19-11(16)7-6-10-12(15(17)18)9(4)13-14(10)8(2)3/h6-8,13,16H,5H2,1-4H3/p-1. The van der Waals surface area contributed by atoms with E-state index in [-0.39, 0.29) is 18.3 Å². The highest BCUT2D eigenvalue weighted by Gasteiger charge is 2.34. The lowest BCUT2D eigenvalue weighted by Crippen LogP contribution is -2.36. The van der Waals surface area contributed by atoms with Gasteiger partial charge in [-0.25, -0.2) is 0 Å². The van der Waals surface area contributed by atoms with E-state index in [9.17, 15) is 15.2 Å². The predicted octanol–water partition coefficient (Wildman–Crippen LogP) is 0.845. The predicted molar refractivity (Wildman–Crippen MR) is 67.6 cm³/mol. The van der Waals surface area contributed by atoms with Crippen LogP contribution < -0.4 is 10.5 Å². The van der Waals surface area contributed by atoms with Gasteiger partial charge in [0.25, 0.3) is 0 Å². The van der Waals surface area contributed by atoms with Gasteiger partial charge < -0.3 is 9.84 Å². The van der Waals surface area contributed by atoms with Gasteiger partial charge in [0, 0.05) is 6.04 Å². The van der Waals surface area contributed by atoms with E-state index >= 15 is 0 Å². The van der Waals surface area contributed by atoms with Gasteiger partial charge in [0.05, 0.1) is 10.9 Å². The maximum absolute atomic E-state index is 11.3. The molecule has 1 N–H and O–H groups in total. The van der Waals surface area contributed by atoms with Crippen molar-refractivity contribution in [1.29, 1.82) is 0 Å². The Labute approximate surface area is 112 Å². The molecule has 7 nitrogen and oxygen atoms in total. The van der Waals surface area contributed by atoms with Gasteiger partial charge in [-0.05, 0) is 39.5 Å². The molecule has 0 aromatic heterocycles. The fourth-order valence-electron chi connectivity index (χ4n) is 1.73. The van der Waals surface area contributed by atoms with Crippen LogP contribution in [0.2, 0.25) is 0 Å². The number of nitrogens with zero attached hydrogens (tertiary/aromatic N) is 2. The van der Waals surface area contributed by atoms with E-state index in [1.807, 2.05) is 13.8 Å². The van der Waals surface area contributed by atoms with Crippen molar-refractivity contribution in [3.63, 3.8) is 0 Å². The fourth-order valence-corrected chi connectivity index (χ4v) is 1.73. The van der Waals surface area contributed by atoms with Crippen molar-refractivity contribution in [2.45, 2.75) is 33.7 Å². The number of ether oxygens (including phenoxy) is 1. The molecule has 0 spiro atoms. The van der Waals surface area contributed by atoms with Crippen molar-refractivity contribution < 1.29 is 14.8 Å². The number of rotatable bonds is 5. The second kappa shape index (κ2) is 6.12. The van der Waals surface area contributed by atoms with Crippen molar-refractivity contribution in [2.75, 3.05) is 6.61 Å². The van der Waals surface area contributed by atoms with E-state index in [0.29, 0.717) is 11.4 Å². The van der Waals surface area contributed by atoms with Gasteiger partial charge in [-0.15, -0.1) is 0 Å². The van der Waals surface area contributed by atoms with Gasteiger partial charge >= 0.3 is 5.70 Å². The average Bonchev–Trinajstić information content (AvgIpc) is 2.64.